The van der Waals surface area contributed by atoms with E-state index in [0.29, 0.717) is 37.3 Å². The van der Waals surface area contributed by atoms with Gasteiger partial charge in [0, 0.05) is 24.3 Å². The van der Waals surface area contributed by atoms with Gasteiger partial charge in [0.1, 0.15) is 0 Å². The number of carbonyl (C=O) groups is 1. The number of ether oxygens (including phenoxy) is 1. The molecule has 1 aliphatic rings. The highest BCUT2D eigenvalue weighted by Crippen LogP contribution is 2.39. The van der Waals surface area contributed by atoms with E-state index < -0.39 is 41.3 Å². The van der Waals surface area contributed by atoms with Gasteiger partial charge in [0.25, 0.3) is 6.47 Å². The first kappa shape index (κ1) is 30.3. The quantitative estimate of drug-likeness (QED) is 0.227. The van der Waals surface area contributed by atoms with Crippen molar-refractivity contribution in [1.82, 2.24) is 5.32 Å². The van der Waals surface area contributed by atoms with Crippen molar-refractivity contribution in [2.75, 3.05) is 11.9 Å². The smallest absolute Gasteiger partial charge is 0.416 e. The van der Waals surface area contributed by atoms with E-state index in [1.807, 2.05) is 6.92 Å². The molecule has 0 saturated carbocycles. The third kappa shape index (κ3) is 8.83. The Morgan fingerprint density at radius 2 is 1.49 bits per heavy atom. The monoisotopic (exact) mass is 544 g/mol. The topological polar surface area (TPSA) is 50.4 Å². The lowest BCUT2D eigenvalue weighted by molar-refractivity contribution is -0.143. The minimum absolute atomic E-state index is 0.0288. The number of alkyl halides is 9. The second kappa shape index (κ2) is 12.1. The third-order valence-corrected chi connectivity index (χ3v) is 5.34. The Balaban J connectivity index is 0.000000717. The normalized spacial score (nSPS) is 17.7. The van der Waals surface area contributed by atoms with Crippen LogP contribution in [0.15, 0.2) is 36.4 Å². The van der Waals surface area contributed by atoms with Gasteiger partial charge in [-0.05, 0) is 67.3 Å². The van der Waals surface area contributed by atoms with Crippen LogP contribution in [0.5, 0.6) is 0 Å². The number of rotatable bonds is 6. The molecule has 0 radical (unpaired) electrons. The van der Waals surface area contributed by atoms with Crippen LogP contribution in [0.1, 0.15) is 60.5 Å². The lowest BCUT2D eigenvalue weighted by Gasteiger charge is -2.33. The number of fused-ring (bicyclic) bond motifs is 1. The van der Waals surface area contributed by atoms with Gasteiger partial charge in [0.2, 0.25) is 0 Å². The summed E-state index contributed by atoms with van der Waals surface area (Å²) in [7, 11) is 0. The Morgan fingerprint density at radius 1 is 0.919 bits per heavy atom. The minimum atomic E-state index is -4.98. The van der Waals surface area contributed by atoms with Crippen LogP contribution in [-0.2, 0) is 34.6 Å². The number of hydrogen-bond donors (Lipinski definition) is 2. The molecule has 2 atom stereocenters. The maximum atomic E-state index is 13.1. The Kier molecular flexibility index (Phi) is 9.86. The van der Waals surface area contributed by atoms with E-state index in [9.17, 15) is 44.3 Å². The lowest BCUT2D eigenvalue weighted by atomic mass is 9.91. The number of halogens is 9. The van der Waals surface area contributed by atoms with Crippen LogP contribution in [0.2, 0.25) is 0 Å². The maximum Gasteiger partial charge on any atom is 0.416 e. The second-order valence-electron chi connectivity index (χ2n) is 8.40. The molecule has 2 aromatic carbocycles. The Morgan fingerprint density at radius 3 is 1.95 bits per heavy atom. The summed E-state index contributed by atoms with van der Waals surface area (Å²) in [4.78, 5) is 9.34. The molecule has 0 fully saturated rings. The molecular weight excluding hydrogens is 519 g/mol. The summed E-state index contributed by atoms with van der Waals surface area (Å²) in [5, 5.41) is 5.84. The van der Waals surface area contributed by atoms with Crippen molar-refractivity contribution in [1.29, 1.82) is 0 Å². The summed E-state index contributed by atoms with van der Waals surface area (Å²) >= 11 is 0. The van der Waals surface area contributed by atoms with Gasteiger partial charge in [-0.3, -0.25) is 4.79 Å². The van der Waals surface area contributed by atoms with Crippen molar-refractivity contribution < 1.29 is 49.0 Å². The molecule has 0 aliphatic carbocycles. The zero-order valence-electron chi connectivity index (χ0n) is 19.7. The molecule has 4 nitrogen and oxygen atoms in total. The lowest BCUT2D eigenvalue weighted by Crippen LogP contribution is -2.33. The van der Waals surface area contributed by atoms with Gasteiger partial charge in [0.05, 0.1) is 23.3 Å². The van der Waals surface area contributed by atoms with Gasteiger partial charge in [0.15, 0.2) is 0 Å². The van der Waals surface area contributed by atoms with E-state index in [2.05, 4.69) is 15.4 Å². The third-order valence-electron chi connectivity index (χ3n) is 5.34. The van der Waals surface area contributed by atoms with Gasteiger partial charge < -0.3 is 15.4 Å². The van der Waals surface area contributed by atoms with Crippen LogP contribution in [0.25, 0.3) is 0 Å². The number of carbonyl (C=O) groups excluding carboxylic acids is 1. The van der Waals surface area contributed by atoms with E-state index in [1.54, 1.807) is 6.92 Å². The Labute approximate surface area is 207 Å². The molecule has 0 bridgehead atoms. The van der Waals surface area contributed by atoms with E-state index >= 15 is 0 Å². The first-order valence-electron chi connectivity index (χ1n) is 11.1. The molecule has 0 spiro atoms. The molecule has 13 heteroatoms. The summed E-state index contributed by atoms with van der Waals surface area (Å²) in [6, 6.07) is 3.45. The highest BCUT2D eigenvalue weighted by Gasteiger charge is 2.37. The first-order valence-corrected chi connectivity index (χ1v) is 11.1. The zero-order chi connectivity index (χ0) is 28.0. The van der Waals surface area contributed by atoms with E-state index in [4.69, 9.17) is 0 Å². The maximum absolute atomic E-state index is 13.1. The molecule has 0 aromatic heterocycles. The van der Waals surface area contributed by atoms with Gasteiger partial charge in [-0.25, -0.2) is 0 Å². The largest absolute Gasteiger partial charge is 0.468 e. The predicted octanol–water partition coefficient (Wildman–Crippen LogP) is 7.35. The number of benzene rings is 2. The van der Waals surface area contributed by atoms with Gasteiger partial charge in [-0.15, -0.1) is 0 Å². The summed E-state index contributed by atoms with van der Waals surface area (Å²) in [6.07, 6.45) is -13.4. The molecule has 206 valence electrons. The molecule has 0 saturated heterocycles. The van der Waals surface area contributed by atoms with Crippen LogP contribution >= 0.6 is 0 Å². The van der Waals surface area contributed by atoms with Crippen LogP contribution < -0.4 is 10.6 Å². The predicted molar refractivity (Wildman–Crippen MR) is 117 cm³/mol. The van der Waals surface area contributed by atoms with Crippen molar-refractivity contribution in [2.45, 2.75) is 63.8 Å². The van der Waals surface area contributed by atoms with E-state index in [0.717, 1.165) is 18.6 Å². The summed E-state index contributed by atoms with van der Waals surface area (Å²) in [5.74, 6) is 0. The Hall–Kier alpha value is -2.96. The van der Waals surface area contributed by atoms with Crippen molar-refractivity contribution in [3.63, 3.8) is 0 Å². The van der Waals surface area contributed by atoms with Gasteiger partial charge >= 0.3 is 18.5 Å². The van der Waals surface area contributed by atoms with Crippen molar-refractivity contribution in [3.8, 4) is 0 Å². The average molecular weight is 544 g/mol. The molecule has 1 heterocycles. The van der Waals surface area contributed by atoms with Crippen LogP contribution in [0.4, 0.5) is 45.2 Å². The number of hydrogen-bond acceptors (Lipinski definition) is 4. The molecule has 1 aliphatic heterocycles. The summed E-state index contributed by atoms with van der Waals surface area (Å²) in [6.45, 7) is 4.33. The average Bonchev–Trinajstić information content (AvgIpc) is 2.79. The molecular formula is C24H25F9N2O2. The molecule has 3 rings (SSSR count). The van der Waals surface area contributed by atoms with Crippen LogP contribution in [-0.4, -0.2) is 19.1 Å². The highest BCUT2D eigenvalue weighted by molar-refractivity contribution is 5.57. The van der Waals surface area contributed by atoms with Crippen molar-refractivity contribution in [2.24, 2.45) is 0 Å². The zero-order valence-corrected chi connectivity index (χ0v) is 19.7. The number of anilines is 1. The van der Waals surface area contributed by atoms with E-state index in [1.165, 1.54) is 6.07 Å². The minimum Gasteiger partial charge on any atom is -0.468 e. The van der Waals surface area contributed by atoms with Crippen LogP contribution in [0, 0.1) is 0 Å². The second-order valence-corrected chi connectivity index (χ2v) is 8.40. The van der Waals surface area contributed by atoms with E-state index in [-0.39, 0.29) is 29.8 Å². The van der Waals surface area contributed by atoms with Crippen molar-refractivity contribution >= 4 is 12.2 Å². The SMILES string of the molecule is CCCOC=O.C[C@@H]1C[C@H](NCc2cc(C(F)(F)F)cc(C(F)(F)F)c2)c2cc(C(F)(F)F)ccc2N1. The number of nitrogens with one attached hydrogen (secondary N) is 2. The molecule has 0 unspecified atom stereocenters. The fourth-order valence-electron chi connectivity index (χ4n) is 3.69. The summed E-state index contributed by atoms with van der Waals surface area (Å²) < 4.78 is 122. The molecule has 0 amide bonds. The standard InChI is InChI=1S/C20H17F9N2.C4H8O2/c1-10-4-17(15-8-12(18(21,22)23)2-3-16(15)31-10)30-9-11-5-13(19(24,25)26)7-14(6-11)20(27,28)29;1-2-3-6-4-5/h2-3,5-8,10,17,30-31H,4,9H2,1H3;4H,2-3H2,1H3/t10-,17+;/m1./s1. The summed E-state index contributed by atoms with van der Waals surface area (Å²) in [5.41, 5.74) is -3.40. The van der Waals surface area contributed by atoms with Crippen molar-refractivity contribution in [3.05, 3.63) is 64.2 Å². The molecule has 2 aromatic rings. The Bertz CT molecular complexity index is 1020. The highest BCUT2D eigenvalue weighted by atomic mass is 19.4. The molecule has 2 N–H and O–H groups in total. The van der Waals surface area contributed by atoms with Crippen LogP contribution in [0.3, 0.4) is 0 Å². The fourth-order valence-corrected chi connectivity index (χ4v) is 3.69. The van der Waals surface area contributed by atoms with Gasteiger partial charge in [-0.1, -0.05) is 6.92 Å². The fraction of sp³-hybridized carbons (Fsp3) is 0.458. The molecule has 37 heavy (non-hydrogen) atoms. The first-order chi connectivity index (χ1) is 17.1. The van der Waals surface area contributed by atoms with Gasteiger partial charge in [-0.2, -0.15) is 39.5 Å².